The minimum atomic E-state index is -0.426. The smallest absolute Gasteiger partial charge is 0.264 e. The Bertz CT molecular complexity index is 640. The summed E-state index contributed by atoms with van der Waals surface area (Å²) < 4.78 is 13.7. The fourth-order valence-corrected chi connectivity index (χ4v) is 3.34. The van der Waals surface area contributed by atoms with E-state index in [1.54, 1.807) is 35.2 Å². The number of carbonyl (C=O) groups excluding carboxylic acids is 1. The van der Waals surface area contributed by atoms with Gasteiger partial charge >= 0.3 is 0 Å². The van der Waals surface area contributed by atoms with Gasteiger partial charge in [0, 0.05) is 23.5 Å². The van der Waals surface area contributed by atoms with E-state index >= 15 is 0 Å². The Hall–Kier alpha value is -1.72. The van der Waals surface area contributed by atoms with Crippen molar-refractivity contribution in [2.75, 3.05) is 13.1 Å². The van der Waals surface area contributed by atoms with Crippen molar-refractivity contribution in [3.8, 4) is 10.4 Å². The molecule has 0 spiro atoms. The number of halogens is 1. The van der Waals surface area contributed by atoms with E-state index in [1.807, 2.05) is 0 Å². The summed E-state index contributed by atoms with van der Waals surface area (Å²) in [4.78, 5) is 15.2. The van der Waals surface area contributed by atoms with E-state index in [4.69, 9.17) is 0 Å². The summed E-state index contributed by atoms with van der Waals surface area (Å²) in [5, 5.41) is 9.47. The Labute approximate surface area is 120 Å². The number of thiophene rings is 1. The predicted molar refractivity (Wildman–Crippen MR) is 76.2 cm³/mol. The molecule has 1 aromatic carbocycles. The average Bonchev–Trinajstić information content (AvgIpc) is 3.07. The lowest BCUT2D eigenvalue weighted by atomic mass is 10.2. The van der Waals surface area contributed by atoms with Gasteiger partial charge in [0.1, 0.15) is 5.82 Å². The van der Waals surface area contributed by atoms with E-state index in [2.05, 4.69) is 0 Å². The summed E-state index contributed by atoms with van der Waals surface area (Å²) in [6.45, 7) is 0.957. The number of likely N-dealkylation sites (tertiary alicyclic amines) is 1. The number of β-amino-alcohol motifs (C(OH)–C–C–N with tert-alkyl or cyclic N) is 1. The standard InChI is InChI=1S/C15H14FNO2S/c16-12-4-2-1-3-11(12)13-5-6-14(20-13)15(19)17-8-7-10(18)9-17/h1-6,10,18H,7-9H2/t10-/m1/s1. The third-order valence-corrected chi connectivity index (χ3v) is 4.51. The molecule has 0 radical (unpaired) electrons. The normalized spacial score (nSPS) is 18.5. The van der Waals surface area contributed by atoms with Crippen molar-refractivity contribution in [3.63, 3.8) is 0 Å². The molecule has 1 atom stereocenters. The molecule has 1 amide bonds. The molecule has 2 aromatic rings. The van der Waals surface area contributed by atoms with Crippen LogP contribution in [0, 0.1) is 5.82 Å². The highest BCUT2D eigenvalue weighted by Gasteiger charge is 2.26. The highest BCUT2D eigenvalue weighted by Crippen LogP contribution is 2.31. The van der Waals surface area contributed by atoms with Gasteiger partial charge in [-0.3, -0.25) is 4.79 Å². The SMILES string of the molecule is O=C(c1ccc(-c2ccccc2F)s1)N1CC[C@@H](O)C1. The number of hydrogen-bond donors (Lipinski definition) is 1. The van der Waals surface area contributed by atoms with Gasteiger partial charge in [0.25, 0.3) is 5.91 Å². The Morgan fingerprint density at radius 2 is 2.10 bits per heavy atom. The monoisotopic (exact) mass is 291 g/mol. The Morgan fingerprint density at radius 1 is 1.30 bits per heavy atom. The second-order valence-corrected chi connectivity index (χ2v) is 5.92. The summed E-state index contributed by atoms with van der Waals surface area (Å²) in [5.74, 6) is -0.376. The summed E-state index contributed by atoms with van der Waals surface area (Å²) in [7, 11) is 0. The van der Waals surface area contributed by atoms with Crippen molar-refractivity contribution in [1.29, 1.82) is 0 Å². The molecule has 1 saturated heterocycles. The van der Waals surface area contributed by atoms with Crippen LogP contribution in [-0.2, 0) is 0 Å². The van der Waals surface area contributed by atoms with Crippen molar-refractivity contribution >= 4 is 17.2 Å². The minimum absolute atomic E-state index is 0.0888. The molecule has 2 heterocycles. The largest absolute Gasteiger partial charge is 0.391 e. The van der Waals surface area contributed by atoms with Crippen molar-refractivity contribution in [3.05, 3.63) is 47.1 Å². The summed E-state index contributed by atoms with van der Waals surface area (Å²) >= 11 is 1.28. The van der Waals surface area contributed by atoms with Crippen molar-refractivity contribution in [1.82, 2.24) is 4.90 Å². The Balaban J connectivity index is 1.84. The predicted octanol–water partition coefficient (Wildman–Crippen LogP) is 2.76. The van der Waals surface area contributed by atoms with E-state index in [-0.39, 0.29) is 11.7 Å². The first kappa shape index (κ1) is 13.3. The van der Waals surface area contributed by atoms with Gasteiger partial charge in [0.05, 0.1) is 11.0 Å². The van der Waals surface area contributed by atoms with E-state index in [9.17, 15) is 14.3 Å². The fourth-order valence-electron chi connectivity index (χ4n) is 2.34. The Morgan fingerprint density at radius 3 is 2.80 bits per heavy atom. The van der Waals surface area contributed by atoms with Crippen LogP contribution in [0.15, 0.2) is 36.4 Å². The van der Waals surface area contributed by atoms with E-state index in [1.165, 1.54) is 17.4 Å². The maximum absolute atomic E-state index is 13.7. The molecule has 0 aliphatic carbocycles. The van der Waals surface area contributed by atoms with Crippen LogP contribution in [0.3, 0.4) is 0 Å². The van der Waals surface area contributed by atoms with Crippen LogP contribution in [-0.4, -0.2) is 35.1 Å². The topological polar surface area (TPSA) is 40.5 Å². The van der Waals surface area contributed by atoms with Crippen molar-refractivity contribution < 1.29 is 14.3 Å². The first-order chi connectivity index (χ1) is 9.65. The molecule has 1 aromatic heterocycles. The van der Waals surface area contributed by atoms with Gasteiger partial charge in [-0.15, -0.1) is 11.3 Å². The third-order valence-electron chi connectivity index (χ3n) is 3.41. The molecule has 1 aliphatic heterocycles. The first-order valence-corrected chi connectivity index (χ1v) is 7.29. The van der Waals surface area contributed by atoms with Gasteiger partial charge in [-0.2, -0.15) is 0 Å². The van der Waals surface area contributed by atoms with Crippen LogP contribution < -0.4 is 0 Å². The minimum Gasteiger partial charge on any atom is -0.391 e. The first-order valence-electron chi connectivity index (χ1n) is 6.47. The number of hydrogen-bond acceptors (Lipinski definition) is 3. The number of aliphatic hydroxyl groups is 1. The van der Waals surface area contributed by atoms with Crippen LogP contribution in [0.2, 0.25) is 0 Å². The fraction of sp³-hybridized carbons (Fsp3) is 0.267. The van der Waals surface area contributed by atoms with Crippen LogP contribution in [0.1, 0.15) is 16.1 Å². The summed E-state index contributed by atoms with van der Waals surface area (Å²) in [6, 6.07) is 10.0. The molecule has 5 heteroatoms. The second-order valence-electron chi connectivity index (χ2n) is 4.84. The molecule has 0 bridgehead atoms. The summed E-state index contributed by atoms with van der Waals surface area (Å²) in [5.41, 5.74) is 0.512. The molecule has 1 fully saturated rings. The quantitative estimate of drug-likeness (QED) is 0.924. The van der Waals surface area contributed by atoms with Crippen LogP contribution in [0.25, 0.3) is 10.4 Å². The number of carbonyl (C=O) groups is 1. The number of aliphatic hydroxyl groups excluding tert-OH is 1. The number of benzene rings is 1. The van der Waals surface area contributed by atoms with Crippen molar-refractivity contribution in [2.45, 2.75) is 12.5 Å². The number of nitrogens with zero attached hydrogens (tertiary/aromatic N) is 1. The molecule has 1 N–H and O–H groups in total. The van der Waals surface area contributed by atoms with Crippen LogP contribution >= 0.6 is 11.3 Å². The van der Waals surface area contributed by atoms with E-state index in [0.717, 1.165) is 4.88 Å². The van der Waals surface area contributed by atoms with Crippen LogP contribution in [0.5, 0.6) is 0 Å². The summed E-state index contributed by atoms with van der Waals surface area (Å²) in [6.07, 6.45) is 0.196. The molecule has 0 unspecified atom stereocenters. The van der Waals surface area contributed by atoms with Gasteiger partial charge < -0.3 is 10.0 Å². The lowest BCUT2D eigenvalue weighted by molar-refractivity contribution is 0.0769. The molecule has 1 aliphatic rings. The van der Waals surface area contributed by atoms with Gasteiger partial charge in [-0.25, -0.2) is 4.39 Å². The van der Waals surface area contributed by atoms with Gasteiger partial charge in [0.15, 0.2) is 0 Å². The molecular formula is C15H14FNO2S. The molecule has 3 nitrogen and oxygen atoms in total. The zero-order chi connectivity index (χ0) is 14.1. The lowest BCUT2D eigenvalue weighted by Crippen LogP contribution is -2.28. The van der Waals surface area contributed by atoms with Crippen LogP contribution in [0.4, 0.5) is 4.39 Å². The lowest BCUT2D eigenvalue weighted by Gasteiger charge is -2.13. The maximum atomic E-state index is 13.7. The van der Waals surface area contributed by atoms with E-state index in [0.29, 0.717) is 30.0 Å². The van der Waals surface area contributed by atoms with Gasteiger partial charge in [-0.05, 0) is 24.6 Å². The second kappa shape index (κ2) is 5.34. The number of rotatable bonds is 2. The molecule has 3 rings (SSSR count). The molecule has 20 heavy (non-hydrogen) atoms. The van der Waals surface area contributed by atoms with E-state index < -0.39 is 6.10 Å². The maximum Gasteiger partial charge on any atom is 0.264 e. The molecule has 0 saturated carbocycles. The average molecular weight is 291 g/mol. The Kier molecular flexibility index (Phi) is 3.54. The molecule has 104 valence electrons. The van der Waals surface area contributed by atoms with Gasteiger partial charge in [0.2, 0.25) is 0 Å². The molecular weight excluding hydrogens is 277 g/mol. The number of amides is 1. The zero-order valence-electron chi connectivity index (χ0n) is 10.8. The third kappa shape index (κ3) is 2.46. The highest BCUT2D eigenvalue weighted by molar-refractivity contribution is 7.17. The van der Waals surface area contributed by atoms with Gasteiger partial charge in [-0.1, -0.05) is 18.2 Å². The van der Waals surface area contributed by atoms with Crippen molar-refractivity contribution in [2.24, 2.45) is 0 Å². The highest BCUT2D eigenvalue weighted by atomic mass is 32.1. The zero-order valence-corrected chi connectivity index (χ0v) is 11.6.